The predicted octanol–water partition coefficient (Wildman–Crippen LogP) is 6.33. The van der Waals surface area contributed by atoms with Gasteiger partial charge >= 0.3 is 6.09 Å². The number of aldehydes is 1. The van der Waals surface area contributed by atoms with Gasteiger partial charge in [-0.15, -0.1) is 0 Å². The molecule has 4 aromatic carbocycles. The van der Waals surface area contributed by atoms with Crippen LogP contribution < -0.4 is 24.6 Å². The first-order valence-corrected chi connectivity index (χ1v) is 13.9. The summed E-state index contributed by atoms with van der Waals surface area (Å²) in [6.45, 7) is 0.683. The molecule has 0 aliphatic carbocycles. The summed E-state index contributed by atoms with van der Waals surface area (Å²) in [6.07, 6.45) is 0.925. The monoisotopic (exact) mass is 565 g/mol. The van der Waals surface area contributed by atoms with E-state index >= 15 is 0 Å². The van der Waals surface area contributed by atoms with E-state index in [0.717, 1.165) is 35.2 Å². The highest BCUT2D eigenvalue weighted by atomic mass is 16.6. The first-order chi connectivity index (χ1) is 20.5. The fourth-order valence-electron chi connectivity index (χ4n) is 5.18. The van der Waals surface area contributed by atoms with Gasteiger partial charge in [0.15, 0.2) is 17.8 Å². The van der Waals surface area contributed by atoms with Crippen LogP contribution in [0.2, 0.25) is 0 Å². The summed E-state index contributed by atoms with van der Waals surface area (Å²) >= 11 is 0. The third kappa shape index (κ3) is 6.33. The van der Waals surface area contributed by atoms with Crippen molar-refractivity contribution in [1.82, 2.24) is 0 Å². The Morgan fingerprint density at radius 1 is 0.952 bits per heavy atom. The Kier molecular flexibility index (Phi) is 8.92. The number of fused-ring (bicyclic) bond motifs is 1. The Balaban J connectivity index is 1.46. The zero-order valence-electron chi connectivity index (χ0n) is 24.1. The molecule has 216 valence electrons. The molecule has 1 aliphatic heterocycles. The van der Waals surface area contributed by atoms with E-state index in [0.29, 0.717) is 35.9 Å². The van der Waals surface area contributed by atoms with E-state index in [-0.39, 0.29) is 12.6 Å². The minimum Gasteiger partial charge on any atom is -0.493 e. The number of hydrogen-bond acceptors (Lipinski definition) is 7. The molecule has 0 radical (unpaired) electrons. The van der Waals surface area contributed by atoms with Crippen LogP contribution >= 0.6 is 0 Å². The van der Waals surface area contributed by atoms with Gasteiger partial charge in [0.25, 0.3) is 0 Å². The molecule has 0 fully saturated rings. The molecule has 4 aromatic rings. The number of carbonyl (C=O) groups excluding carboxylic acids is 2. The number of hydrogen-bond donors (Lipinski definition) is 1. The van der Waals surface area contributed by atoms with Crippen LogP contribution in [0.15, 0.2) is 91.0 Å². The molecule has 0 bridgehead atoms. The maximum absolute atomic E-state index is 13.8. The van der Waals surface area contributed by atoms with Gasteiger partial charge in [-0.25, -0.2) is 4.79 Å². The van der Waals surface area contributed by atoms with Crippen molar-refractivity contribution < 1.29 is 23.8 Å². The van der Waals surface area contributed by atoms with Crippen molar-refractivity contribution in [2.24, 2.45) is 0 Å². The lowest BCUT2D eigenvalue weighted by molar-refractivity contribution is 0.112. The molecule has 0 aromatic heterocycles. The molecule has 42 heavy (non-hydrogen) atoms. The first-order valence-electron chi connectivity index (χ1n) is 13.9. The van der Waals surface area contributed by atoms with Crippen molar-refractivity contribution in [1.29, 1.82) is 0 Å². The molecule has 1 aliphatic rings. The summed E-state index contributed by atoms with van der Waals surface area (Å²) < 4.78 is 17.5. The number of ether oxygens (including phenoxy) is 3. The molecule has 1 unspecified atom stereocenters. The van der Waals surface area contributed by atoms with Crippen LogP contribution in [0.1, 0.15) is 27.0 Å². The molecule has 0 saturated carbocycles. The third-order valence-electron chi connectivity index (χ3n) is 7.56. The molecule has 1 N–H and O–H groups in total. The van der Waals surface area contributed by atoms with E-state index in [1.807, 2.05) is 80.8 Å². The quantitative estimate of drug-likeness (QED) is 0.213. The second-order valence-electron chi connectivity index (χ2n) is 10.2. The number of amides is 1. The summed E-state index contributed by atoms with van der Waals surface area (Å²) in [5, 5.41) is 3.08. The standard InChI is InChI=1S/C34H35N3O5/c1-35-28-15-13-25(14-16-28)23-42-34(39)37(20-29-17-26-11-7-8-12-30(26)36(29)2)31-19-33(32(40-3)18-27(31)21-38)41-22-24-9-5-4-6-10-24/h4-16,18-19,21,29,35H,17,20,22-23H2,1-3H3. The largest absolute Gasteiger partial charge is 0.493 e. The summed E-state index contributed by atoms with van der Waals surface area (Å²) in [4.78, 5) is 29.9. The maximum atomic E-state index is 13.8. The van der Waals surface area contributed by atoms with E-state index in [1.165, 1.54) is 17.6 Å². The lowest BCUT2D eigenvalue weighted by Crippen LogP contribution is -2.44. The second-order valence-corrected chi connectivity index (χ2v) is 10.2. The topological polar surface area (TPSA) is 80.3 Å². The van der Waals surface area contributed by atoms with Gasteiger partial charge in [-0.05, 0) is 47.4 Å². The highest BCUT2D eigenvalue weighted by Gasteiger charge is 2.32. The number of carbonyl (C=O) groups is 2. The average molecular weight is 566 g/mol. The van der Waals surface area contributed by atoms with E-state index in [1.54, 1.807) is 12.1 Å². The number of para-hydroxylation sites is 1. The van der Waals surface area contributed by atoms with Crippen LogP contribution in [0, 0.1) is 0 Å². The fourth-order valence-corrected chi connectivity index (χ4v) is 5.18. The second kappa shape index (κ2) is 13.1. The van der Waals surface area contributed by atoms with Crippen molar-refractivity contribution in [2.45, 2.75) is 25.7 Å². The van der Waals surface area contributed by atoms with Crippen molar-refractivity contribution in [3.8, 4) is 11.5 Å². The normalized spacial score (nSPS) is 13.7. The molecule has 0 spiro atoms. The van der Waals surface area contributed by atoms with Crippen LogP contribution in [0.4, 0.5) is 21.9 Å². The molecule has 1 atom stereocenters. The Morgan fingerprint density at radius 2 is 1.67 bits per heavy atom. The molecular formula is C34H35N3O5. The molecule has 8 nitrogen and oxygen atoms in total. The summed E-state index contributed by atoms with van der Waals surface area (Å²) in [7, 11) is 5.39. The van der Waals surface area contributed by atoms with Gasteiger partial charge in [0.1, 0.15) is 13.2 Å². The molecule has 1 amide bonds. The van der Waals surface area contributed by atoms with Crippen molar-refractivity contribution in [3.05, 3.63) is 113 Å². The van der Waals surface area contributed by atoms with Gasteiger partial charge in [-0.2, -0.15) is 0 Å². The van der Waals surface area contributed by atoms with Crippen molar-refractivity contribution >= 4 is 29.4 Å². The zero-order chi connectivity index (χ0) is 29.5. The van der Waals surface area contributed by atoms with Gasteiger partial charge in [0.2, 0.25) is 0 Å². The number of methoxy groups -OCH3 is 1. The van der Waals surface area contributed by atoms with E-state index < -0.39 is 6.09 Å². The minimum atomic E-state index is -0.556. The van der Waals surface area contributed by atoms with Gasteiger partial charge < -0.3 is 24.4 Å². The van der Waals surface area contributed by atoms with Crippen LogP contribution in [0.5, 0.6) is 11.5 Å². The van der Waals surface area contributed by atoms with E-state index in [2.05, 4.69) is 22.3 Å². The summed E-state index contributed by atoms with van der Waals surface area (Å²) in [5.74, 6) is 0.825. The minimum absolute atomic E-state index is 0.0276. The van der Waals surface area contributed by atoms with Crippen LogP contribution in [-0.2, 0) is 24.4 Å². The SMILES string of the molecule is CNc1ccc(COC(=O)N(CC2Cc3ccccc3N2C)c2cc(OCc3ccccc3)c(OC)cc2C=O)cc1. The van der Waals surface area contributed by atoms with Crippen molar-refractivity contribution in [3.63, 3.8) is 0 Å². The van der Waals surface area contributed by atoms with Gasteiger partial charge in [0, 0.05) is 43.6 Å². The van der Waals surface area contributed by atoms with Crippen LogP contribution in [-0.4, -0.2) is 46.2 Å². The third-order valence-corrected chi connectivity index (χ3v) is 7.56. The lowest BCUT2D eigenvalue weighted by atomic mass is 10.1. The van der Waals surface area contributed by atoms with Gasteiger partial charge in [-0.1, -0.05) is 60.7 Å². The Morgan fingerprint density at radius 3 is 2.36 bits per heavy atom. The van der Waals surface area contributed by atoms with Crippen molar-refractivity contribution in [2.75, 3.05) is 42.9 Å². The number of nitrogens with one attached hydrogen (secondary N) is 1. The molecule has 8 heteroatoms. The molecule has 0 saturated heterocycles. The highest BCUT2D eigenvalue weighted by molar-refractivity contribution is 5.96. The van der Waals surface area contributed by atoms with Crippen LogP contribution in [0.3, 0.4) is 0 Å². The van der Waals surface area contributed by atoms with Crippen LogP contribution in [0.25, 0.3) is 0 Å². The zero-order valence-corrected chi connectivity index (χ0v) is 24.1. The Labute approximate surface area is 246 Å². The Bertz CT molecular complexity index is 1520. The van der Waals surface area contributed by atoms with Gasteiger partial charge in [-0.3, -0.25) is 9.69 Å². The average Bonchev–Trinajstić information content (AvgIpc) is 3.36. The van der Waals surface area contributed by atoms with E-state index in [9.17, 15) is 9.59 Å². The highest BCUT2D eigenvalue weighted by Crippen LogP contribution is 2.37. The number of likely N-dealkylation sites (N-methyl/N-ethyl adjacent to an activating group) is 1. The van der Waals surface area contributed by atoms with Gasteiger partial charge in [0.05, 0.1) is 18.8 Å². The molecule has 1 heterocycles. The maximum Gasteiger partial charge on any atom is 0.414 e. The number of anilines is 3. The molecular weight excluding hydrogens is 530 g/mol. The first kappa shape index (κ1) is 28.5. The molecule has 5 rings (SSSR count). The smallest absolute Gasteiger partial charge is 0.414 e. The van der Waals surface area contributed by atoms with E-state index in [4.69, 9.17) is 14.2 Å². The predicted molar refractivity (Wildman–Crippen MR) is 165 cm³/mol. The Hall–Kier alpha value is -4.98. The number of nitrogens with zero attached hydrogens (tertiary/aromatic N) is 2. The summed E-state index contributed by atoms with van der Waals surface area (Å²) in [5.41, 5.74) is 5.82. The fraction of sp³-hybridized carbons (Fsp3) is 0.235. The number of benzene rings is 4. The number of rotatable bonds is 11. The summed E-state index contributed by atoms with van der Waals surface area (Å²) in [6, 6.07) is 28.9. The lowest BCUT2D eigenvalue weighted by Gasteiger charge is -2.31.